The third-order valence-corrected chi connectivity index (χ3v) is 3.63. The van der Waals surface area contributed by atoms with E-state index in [1.165, 1.54) is 0 Å². The molecule has 0 aliphatic rings. The predicted molar refractivity (Wildman–Crippen MR) is 79.4 cm³/mol. The van der Waals surface area contributed by atoms with Crippen molar-refractivity contribution in [3.05, 3.63) is 29.3 Å². The van der Waals surface area contributed by atoms with Gasteiger partial charge in [-0.05, 0) is 23.5 Å². The topological polar surface area (TPSA) is 38.0 Å². The van der Waals surface area contributed by atoms with Crippen LogP contribution in [-0.4, -0.2) is 11.5 Å². The Morgan fingerprint density at radius 1 is 1.32 bits per heavy atom. The summed E-state index contributed by atoms with van der Waals surface area (Å²) < 4.78 is 27.6. The number of thiocarbonyl (C=S) groups is 1. The van der Waals surface area contributed by atoms with E-state index >= 15 is 0 Å². The van der Waals surface area contributed by atoms with E-state index in [-0.39, 0.29) is 27.6 Å². The van der Waals surface area contributed by atoms with Crippen LogP contribution in [0.3, 0.4) is 0 Å². The minimum absolute atomic E-state index is 0.0209. The molecular formula is C14H20F2N2S. The summed E-state index contributed by atoms with van der Waals surface area (Å²) in [6.45, 7) is 8.78. The van der Waals surface area contributed by atoms with Crippen LogP contribution in [0, 0.1) is 23.0 Å². The fraction of sp³-hybridized carbons (Fsp3) is 0.500. The minimum Gasteiger partial charge on any atom is -0.389 e. The number of hydrogen-bond acceptors (Lipinski definition) is 2. The van der Waals surface area contributed by atoms with Crippen LogP contribution >= 0.6 is 12.2 Å². The first kappa shape index (κ1) is 15.8. The molecular weight excluding hydrogens is 266 g/mol. The summed E-state index contributed by atoms with van der Waals surface area (Å²) in [4.78, 5) is -0.0209. The zero-order valence-electron chi connectivity index (χ0n) is 11.7. The molecule has 2 nitrogen and oxygen atoms in total. The van der Waals surface area contributed by atoms with Gasteiger partial charge in [0.1, 0.15) is 22.3 Å². The lowest BCUT2D eigenvalue weighted by molar-refractivity contribution is 0.274. The van der Waals surface area contributed by atoms with Crippen molar-refractivity contribution < 1.29 is 8.78 Å². The van der Waals surface area contributed by atoms with Crippen LogP contribution in [0.15, 0.2) is 12.1 Å². The zero-order valence-corrected chi connectivity index (χ0v) is 12.5. The maximum atomic E-state index is 13.8. The second-order valence-electron chi connectivity index (χ2n) is 5.83. The molecule has 0 aliphatic carbocycles. The summed E-state index contributed by atoms with van der Waals surface area (Å²) in [5.74, 6) is -1.09. The molecule has 0 saturated heterocycles. The van der Waals surface area contributed by atoms with Crippen LogP contribution in [0.1, 0.15) is 33.3 Å². The Hall–Kier alpha value is -1.23. The van der Waals surface area contributed by atoms with E-state index in [2.05, 4.69) is 26.1 Å². The van der Waals surface area contributed by atoms with Crippen molar-refractivity contribution >= 4 is 22.9 Å². The van der Waals surface area contributed by atoms with E-state index < -0.39 is 11.6 Å². The highest BCUT2D eigenvalue weighted by Crippen LogP contribution is 2.27. The van der Waals surface area contributed by atoms with Crippen molar-refractivity contribution in [1.82, 2.24) is 0 Å². The van der Waals surface area contributed by atoms with Crippen molar-refractivity contribution in [1.29, 1.82) is 0 Å². The van der Waals surface area contributed by atoms with Crippen molar-refractivity contribution in [3.8, 4) is 0 Å². The normalized spacial score (nSPS) is 13.2. The molecule has 1 aromatic rings. The lowest BCUT2D eigenvalue weighted by Gasteiger charge is -2.27. The summed E-state index contributed by atoms with van der Waals surface area (Å²) in [6, 6.07) is 2.30. The molecule has 5 heteroatoms. The van der Waals surface area contributed by atoms with Gasteiger partial charge >= 0.3 is 0 Å². The molecule has 1 aromatic carbocycles. The number of anilines is 1. The smallest absolute Gasteiger partial charge is 0.150 e. The van der Waals surface area contributed by atoms with E-state index in [0.29, 0.717) is 6.54 Å². The summed E-state index contributed by atoms with van der Waals surface area (Å²) >= 11 is 4.70. The van der Waals surface area contributed by atoms with Crippen LogP contribution in [0.2, 0.25) is 0 Å². The van der Waals surface area contributed by atoms with Crippen molar-refractivity contribution in [2.45, 2.75) is 27.7 Å². The van der Waals surface area contributed by atoms with Crippen LogP contribution in [-0.2, 0) is 0 Å². The van der Waals surface area contributed by atoms with Gasteiger partial charge in [-0.3, -0.25) is 0 Å². The third kappa shape index (κ3) is 4.13. The van der Waals surface area contributed by atoms with Gasteiger partial charge in [0.2, 0.25) is 0 Å². The molecule has 0 heterocycles. The SMILES string of the molecule is CC(CNc1c(F)cc(C(N)=S)cc1F)C(C)(C)C. The van der Waals surface area contributed by atoms with Crippen LogP contribution in [0.25, 0.3) is 0 Å². The molecule has 0 fully saturated rings. The molecule has 0 bridgehead atoms. The van der Waals surface area contributed by atoms with Gasteiger partial charge in [-0.2, -0.15) is 0 Å². The average molecular weight is 286 g/mol. The molecule has 0 amide bonds. The fourth-order valence-electron chi connectivity index (χ4n) is 1.45. The van der Waals surface area contributed by atoms with Crippen LogP contribution in [0.4, 0.5) is 14.5 Å². The highest BCUT2D eigenvalue weighted by atomic mass is 32.1. The van der Waals surface area contributed by atoms with Gasteiger partial charge in [-0.15, -0.1) is 0 Å². The van der Waals surface area contributed by atoms with Gasteiger partial charge in [0.25, 0.3) is 0 Å². The maximum absolute atomic E-state index is 13.8. The number of halogens is 2. The number of hydrogen-bond donors (Lipinski definition) is 2. The summed E-state index contributed by atoms with van der Waals surface area (Å²) in [7, 11) is 0. The first-order chi connectivity index (χ1) is 8.62. The highest BCUT2D eigenvalue weighted by molar-refractivity contribution is 7.80. The molecule has 0 aliphatic heterocycles. The first-order valence-corrected chi connectivity index (χ1v) is 6.56. The van der Waals surface area contributed by atoms with Gasteiger partial charge in [0.15, 0.2) is 0 Å². The number of nitrogens with two attached hydrogens (primary N) is 1. The molecule has 1 rings (SSSR count). The fourth-order valence-corrected chi connectivity index (χ4v) is 1.56. The van der Waals surface area contributed by atoms with Gasteiger partial charge in [0.05, 0.1) is 0 Å². The summed E-state index contributed by atoms with van der Waals surface area (Å²) in [5, 5.41) is 2.82. The Balaban J connectivity index is 2.88. The van der Waals surface area contributed by atoms with Crippen molar-refractivity contribution in [2.24, 2.45) is 17.1 Å². The van der Waals surface area contributed by atoms with Gasteiger partial charge in [-0.1, -0.05) is 39.9 Å². The monoisotopic (exact) mass is 286 g/mol. The average Bonchev–Trinajstić information content (AvgIpc) is 2.25. The van der Waals surface area contributed by atoms with E-state index in [9.17, 15) is 8.78 Å². The highest BCUT2D eigenvalue weighted by Gasteiger charge is 2.21. The quantitative estimate of drug-likeness (QED) is 0.829. The van der Waals surface area contributed by atoms with Gasteiger partial charge < -0.3 is 11.1 Å². The largest absolute Gasteiger partial charge is 0.389 e. The van der Waals surface area contributed by atoms with Crippen molar-refractivity contribution in [2.75, 3.05) is 11.9 Å². The molecule has 0 radical (unpaired) electrons. The molecule has 1 unspecified atom stereocenters. The van der Waals surface area contributed by atoms with E-state index in [4.69, 9.17) is 18.0 Å². The first-order valence-electron chi connectivity index (χ1n) is 6.15. The second-order valence-corrected chi connectivity index (χ2v) is 6.27. The Kier molecular flexibility index (Phi) is 4.85. The molecule has 0 saturated carbocycles. The Bertz CT molecular complexity index is 458. The Morgan fingerprint density at radius 2 is 1.79 bits per heavy atom. The molecule has 3 N–H and O–H groups in total. The van der Waals surface area contributed by atoms with Crippen LogP contribution in [0.5, 0.6) is 0 Å². The van der Waals surface area contributed by atoms with Gasteiger partial charge in [0, 0.05) is 12.1 Å². The lowest BCUT2D eigenvalue weighted by Crippen LogP contribution is -2.25. The molecule has 19 heavy (non-hydrogen) atoms. The Morgan fingerprint density at radius 3 is 2.16 bits per heavy atom. The standard InChI is InChI=1S/C14H20F2N2S/c1-8(14(2,3)4)7-18-12-10(15)5-9(13(17)19)6-11(12)16/h5-6,8,18H,7H2,1-4H3,(H2,17,19). The second kappa shape index (κ2) is 5.82. The molecule has 1 atom stereocenters. The third-order valence-electron chi connectivity index (χ3n) is 3.39. The van der Waals surface area contributed by atoms with E-state index in [1.807, 2.05) is 6.92 Å². The van der Waals surface area contributed by atoms with E-state index in [1.54, 1.807) is 0 Å². The minimum atomic E-state index is -0.677. The summed E-state index contributed by atoms with van der Waals surface area (Å²) in [5.41, 5.74) is 5.49. The number of benzene rings is 1. The zero-order chi connectivity index (χ0) is 14.8. The number of rotatable bonds is 4. The van der Waals surface area contributed by atoms with E-state index in [0.717, 1.165) is 12.1 Å². The molecule has 0 aromatic heterocycles. The molecule has 106 valence electrons. The Labute approximate surface area is 118 Å². The van der Waals surface area contributed by atoms with Crippen LogP contribution < -0.4 is 11.1 Å². The molecule has 0 spiro atoms. The summed E-state index contributed by atoms with van der Waals surface area (Å²) in [6.07, 6.45) is 0. The predicted octanol–water partition coefficient (Wildman–Crippen LogP) is 3.69. The number of nitrogens with one attached hydrogen (secondary N) is 1. The van der Waals surface area contributed by atoms with Gasteiger partial charge in [-0.25, -0.2) is 8.78 Å². The maximum Gasteiger partial charge on any atom is 0.150 e. The lowest BCUT2D eigenvalue weighted by atomic mass is 9.82. The van der Waals surface area contributed by atoms with Crippen molar-refractivity contribution in [3.63, 3.8) is 0 Å².